The summed E-state index contributed by atoms with van der Waals surface area (Å²) in [6.07, 6.45) is 1.83. The quantitative estimate of drug-likeness (QED) is 0.849. The van der Waals surface area contributed by atoms with E-state index in [-0.39, 0.29) is 11.7 Å². The van der Waals surface area contributed by atoms with Crippen LogP contribution in [0.2, 0.25) is 0 Å². The Kier molecular flexibility index (Phi) is 5.00. The summed E-state index contributed by atoms with van der Waals surface area (Å²) in [5.41, 5.74) is 1.85. The number of aryl methyl sites for hydroxylation is 1. The zero-order valence-corrected chi connectivity index (χ0v) is 11.5. The van der Waals surface area contributed by atoms with Crippen LogP contribution >= 0.6 is 0 Å². The second-order valence-corrected chi connectivity index (χ2v) is 6.21. The zero-order chi connectivity index (χ0) is 12.9. The summed E-state index contributed by atoms with van der Waals surface area (Å²) < 4.78 is 26.2. The Labute approximate surface area is 104 Å². The Morgan fingerprint density at radius 1 is 1.18 bits per heavy atom. The first-order valence-corrected chi connectivity index (χ1v) is 7.71. The molecule has 1 aromatic carbocycles. The molecular formula is C13H21NO2S. The van der Waals surface area contributed by atoms with Crippen LogP contribution in [-0.2, 0) is 16.4 Å². The van der Waals surface area contributed by atoms with Crippen molar-refractivity contribution in [3.63, 3.8) is 0 Å². The predicted octanol–water partition coefficient (Wildman–Crippen LogP) is 3.04. The fourth-order valence-corrected chi connectivity index (χ4v) is 3.09. The molecule has 0 bridgehead atoms. The molecule has 96 valence electrons. The molecule has 0 fully saturated rings. The van der Waals surface area contributed by atoms with Crippen molar-refractivity contribution in [2.75, 3.05) is 10.5 Å². The van der Waals surface area contributed by atoms with Gasteiger partial charge in [-0.15, -0.1) is 0 Å². The lowest BCUT2D eigenvalue weighted by Gasteiger charge is -2.11. The lowest BCUT2D eigenvalue weighted by Crippen LogP contribution is -2.21. The van der Waals surface area contributed by atoms with Gasteiger partial charge < -0.3 is 0 Å². The topological polar surface area (TPSA) is 46.2 Å². The van der Waals surface area contributed by atoms with E-state index in [1.54, 1.807) is 0 Å². The van der Waals surface area contributed by atoms with E-state index < -0.39 is 10.0 Å². The van der Waals surface area contributed by atoms with Gasteiger partial charge in [0.1, 0.15) is 0 Å². The summed E-state index contributed by atoms with van der Waals surface area (Å²) in [6, 6.07) is 7.52. The van der Waals surface area contributed by atoms with Crippen molar-refractivity contribution < 1.29 is 8.42 Å². The van der Waals surface area contributed by atoms with Gasteiger partial charge in [-0.05, 0) is 30.0 Å². The van der Waals surface area contributed by atoms with Crippen LogP contribution in [0.3, 0.4) is 0 Å². The van der Waals surface area contributed by atoms with Gasteiger partial charge in [0.15, 0.2) is 0 Å². The van der Waals surface area contributed by atoms with Gasteiger partial charge in [-0.25, -0.2) is 8.42 Å². The first kappa shape index (κ1) is 14.0. The van der Waals surface area contributed by atoms with Gasteiger partial charge in [-0.2, -0.15) is 0 Å². The number of anilines is 1. The highest BCUT2D eigenvalue weighted by atomic mass is 32.2. The Morgan fingerprint density at radius 3 is 2.24 bits per heavy atom. The Morgan fingerprint density at radius 2 is 1.76 bits per heavy atom. The van der Waals surface area contributed by atoms with Crippen molar-refractivity contribution in [1.82, 2.24) is 0 Å². The summed E-state index contributed by atoms with van der Waals surface area (Å²) in [6.45, 7) is 6.01. The molecule has 0 aliphatic rings. The second kappa shape index (κ2) is 6.05. The lowest BCUT2D eigenvalue weighted by molar-refractivity contribution is 0.568. The molecule has 1 atom stereocenters. The second-order valence-electron chi connectivity index (χ2n) is 4.45. The molecule has 0 aromatic heterocycles. The average molecular weight is 255 g/mol. The molecule has 0 spiro atoms. The summed E-state index contributed by atoms with van der Waals surface area (Å²) in [7, 11) is -3.22. The molecule has 4 heteroatoms. The van der Waals surface area contributed by atoms with Crippen LogP contribution in [0.5, 0.6) is 0 Å². The van der Waals surface area contributed by atoms with E-state index in [1.165, 1.54) is 5.56 Å². The van der Waals surface area contributed by atoms with Gasteiger partial charge in [0.2, 0.25) is 10.0 Å². The van der Waals surface area contributed by atoms with Crippen LogP contribution < -0.4 is 4.72 Å². The third-order valence-electron chi connectivity index (χ3n) is 2.84. The van der Waals surface area contributed by atoms with E-state index in [0.717, 1.165) is 12.8 Å². The van der Waals surface area contributed by atoms with E-state index in [2.05, 4.69) is 11.6 Å². The molecule has 3 nitrogen and oxygen atoms in total. The highest BCUT2D eigenvalue weighted by molar-refractivity contribution is 7.92. The van der Waals surface area contributed by atoms with E-state index in [0.29, 0.717) is 5.69 Å². The number of sulfonamides is 1. The van der Waals surface area contributed by atoms with Crippen LogP contribution in [0.15, 0.2) is 24.3 Å². The minimum absolute atomic E-state index is 0.180. The zero-order valence-electron chi connectivity index (χ0n) is 10.7. The normalized spacial score (nSPS) is 13.4. The van der Waals surface area contributed by atoms with Crippen LogP contribution in [0.1, 0.15) is 32.8 Å². The van der Waals surface area contributed by atoms with Crippen LogP contribution in [0, 0.1) is 5.92 Å². The van der Waals surface area contributed by atoms with Gasteiger partial charge in [0.25, 0.3) is 0 Å². The van der Waals surface area contributed by atoms with Crippen molar-refractivity contribution >= 4 is 15.7 Å². The highest BCUT2D eigenvalue weighted by Gasteiger charge is 2.14. The van der Waals surface area contributed by atoms with Crippen molar-refractivity contribution in [3.8, 4) is 0 Å². The number of nitrogens with one attached hydrogen (secondary N) is 1. The van der Waals surface area contributed by atoms with Crippen LogP contribution in [0.25, 0.3) is 0 Å². The van der Waals surface area contributed by atoms with Crippen molar-refractivity contribution in [3.05, 3.63) is 29.8 Å². The van der Waals surface area contributed by atoms with Gasteiger partial charge in [-0.1, -0.05) is 39.3 Å². The van der Waals surface area contributed by atoms with Gasteiger partial charge in [0, 0.05) is 5.69 Å². The predicted molar refractivity (Wildman–Crippen MR) is 72.7 cm³/mol. The third kappa shape index (κ3) is 4.77. The number of rotatable bonds is 6. The molecule has 0 saturated carbocycles. The first-order valence-electron chi connectivity index (χ1n) is 6.06. The fourth-order valence-electron chi connectivity index (χ4n) is 1.52. The molecule has 0 aliphatic heterocycles. The Hall–Kier alpha value is -1.03. The fraction of sp³-hybridized carbons (Fsp3) is 0.538. The van der Waals surface area contributed by atoms with Crippen molar-refractivity contribution in [2.45, 2.75) is 33.6 Å². The largest absolute Gasteiger partial charge is 0.284 e. The highest BCUT2D eigenvalue weighted by Crippen LogP contribution is 2.13. The molecule has 0 amide bonds. The summed E-state index contributed by atoms with van der Waals surface area (Å²) >= 11 is 0. The Bertz CT molecular complexity index is 437. The maximum absolute atomic E-state index is 11.8. The molecule has 1 rings (SSSR count). The molecule has 1 unspecified atom stereocenters. The summed E-state index contributed by atoms with van der Waals surface area (Å²) in [5, 5.41) is 0. The van der Waals surface area contributed by atoms with Crippen molar-refractivity contribution in [2.24, 2.45) is 5.92 Å². The van der Waals surface area contributed by atoms with E-state index in [4.69, 9.17) is 0 Å². The first-order chi connectivity index (χ1) is 7.96. The van der Waals surface area contributed by atoms with Gasteiger partial charge in [-0.3, -0.25) is 4.72 Å². The van der Waals surface area contributed by atoms with Gasteiger partial charge in [0.05, 0.1) is 5.75 Å². The average Bonchev–Trinajstić information content (AvgIpc) is 2.28. The van der Waals surface area contributed by atoms with Crippen LogP contribution in [0.4, 0.5) is 5.69 Å². The lowest BCUT2D eigenvalue weighted by atomic mass is 10.2. The minimum Gasteiger partial charge on any atom is -0.284 e. The molecule has 0 aliphatic carbocycles. The molecule has 1 N–H and O–H groups in total. The van der Waals surface area contributed by atoms with Crippen molar-refractivity contribution in [1.29, 1.82) is 0 Å². The minimum atomic E-state index is -3.22. The summed E-state index contributed by atoms with van der Waals surface area (Å²) in [4.78, 5) is 0. The number of hydrogen-bond acceptors (Lipinski definition) is 2. The van der Waals surface area contributed by atoms with Gasteiger partial charge >= 0.3 is 0 Å². The molecule has 0 radical (unpaired) electrons. The van der Waals surface area contributed by atoms with E-state index >= 15 is 0 Å². The number of hydrogen-bond donors (Lipinski definition) is 1. The smallest absolute Gasteiger partial charge is 0.232 e. The molecule has 0 saturated heterocycles. The van der Waals surface area contributed by atoms with E-state index in [9.17, 15) is 8.42 Å². The van der Waals surface area contributed by atoms with Crippen LogP contribution in [-0.4, -0.2) is 14.2 Å². The third-order valence-corrected chi connectivity index (χ3v) is 4.39. The number of benzene rings is 1. The Balaban J connectivity index is 2.69. The molecule has 17 heavy (non-hydrogen) atoms. The maximum atomic E-state index is 11.8. The maximum Gasteiger partial charge on any atom is 0.232 e. The summed E-state index contributed by atoms with van der Waals surface area (Å²) in [5.74, 6) is 0.362. The standard InChI is InChI=1S/C13H21NO2S/c1-4-11(3)10-17(15,16)14-13-8-6-12(5-2)7-9-13/h6-9,11,14H,4-5,10H2,1-3H3. The van der Waals surface area contributed by atoms with E-state index in [1.807, 2.05) is 38.1 Å². The SMILES string of the molecule is CCc1ccc(NS(=O)(=O)CC(C)CC)cc1. The molecular weight excluding hydrogens is 234 g/mol. The molecule has 1 aromatic rings. The monoisotopic (exact) mass is 255 g/mol. The molecule has 0 heterocycles.